The molecule has 0 aromatic heterocycles. The van der Waals surface area contributed by atoms with Crippen molar-refractivity contribution in [2.45, 2.75) is 45.3 Å². The summed E-state index contributed by atoms with van der Waals surface area (Å²) in [6.07, 6.45) is 0.586. The number of rotatable bonds is 3. The molecule has 1 aliphatic rings. The Morgan fingerprint density at radius 3 is 2.65 bits per heavy atom. The van der Waals surface area contributed by atoms with Crippen LogP contribution in [0.2, 0.25) is 0 Å². The monoisotopic (exact) mass is 242 g/mol. The van der Waals surface area contributed by atoms with Crippen LogP contribution in [0.3, 0.4) is 0 Å². The molecule has 0 aromatic rings. The number of piperidine rings is 1. The van der Waals surface area contributed by atoms with Gasteiger partial charge in [0.1, 0.15) is 12.6 Å². The molecule has 6 nitrogen and oxygen atoms in total. The van der Waals surface area contributed by atoms with Gasteiger partial charge in [-0.3, -0.25) is 19.7 Å². The number of nitrogens with one attached hydrogen (secondary N) is 2. The van der Waals surface area contributed by atoms with Crippen molar-refractivity contribution in [3.05, 3.63) is 0 Å². The average Bonchev–Trinajstić information content (AvgIpc) is 2.18. The molecule has 17 heavy (non-hydrogen) atoms. The first-order valence-corrected chi connectivity index (χ1v) is 5.55. The Hall–Kier alpha value is -1.43. The number of hydrogen-bond donors (Lipinski definition) is 2. The maximum atomic E-state index is 11.5. The molecule has 1 heterocycles. The van der Waals surface area contributed by atoms with Crippen LogP contribution >= 0.6 is 0 Å². The molecule has 0 saturated carbocycles. The molecule has 1 fully saturated rings. The molecule has 0 aliphatic carbocycles. The largest absolute Gasteiger partial charge is 0.366 e. The topological polar surface area (TPSA) is 84.5 Å². The number of amides is 3. The molecule has 1 atom stereocenters. The lowest BCUT2D eigenvalue weighted by Gasteiger charge is -2.23. The van der Waals surface area contributed by atoms with Gasteiger partial charge in [-0.1, -0.05) is 0 Å². The van der Waals surface area contributed by atoms with Gasteiger partial charge in [-0.25, -0.2) is 0 Å². The Kier molecular flexibility index (Phi) is 4.22. The lowest BCUT2D eigenvalue weighted by atomic mass is 10.1. The minimum atomic E-state index is -0.635. The van der Waals surface area contributed by atoms with Crippen LogP contribution in [-0.2, 0) is 19.1 Å². The highest BCUT2D eigenvalue weighted by atomic mass is 16.5. The quantitative estimate of drug-likeness (QED) is 0.667. The fourth-order valence-corrected chi connectivity index (χ4v) is 1.35. The summed E-state index contributed by atoms with van der Waals surface area (Å²) in [6.45, 7) is 5.42. The van der Waals surface area contributed by atoms with Gasteiger partial charge in [0.15, 0.2) is 0 Å². The summed E-state index contributed by atoms with van der Waals surface area (Å²) in [6, 6.07) is -0.635. The normalized spacial score (nSPS) is 21.0. The molecule has 0 spiro atoms. The smallest absolute Gasteiger partial charge is 0.249 e. The highest BCUT2D eigenvalue weighted by Gasteiger charge is 2.28. The van der Waals surface area contributed by atoms with Crippen molar-refractivity contribution < 1.29 is 19.1 Å². The van der Waals surface area contributed by atoms with Crippen molar-refractivity contribution in [3.63, 3.8) is 0 Å². The SMILES string of the molecule is CC(C)(C)OCC(=O)NC1CCC(=O)NC1=O. The highest BCUT2D eigenvalue weighted by Crippen LogP contribution is 2.07. The molecule has 2 N–H and O–H groups in total. The zero-order valence-electron chi connectivity index (χ0n) is 10.3. The minimum Gasteiger partial charge on any atom is -0.366 e. The fraction of sp³-hybridized carbons (Fsp3) is 0.727. The Labute approximate surface area is 100 Å². The van der Waals surface area contributed by atoms with Crippen LogP contribution in [0.15, 0.2) is 0 Å². The van der Waals surface area contributed by atoms with Gasteiger partial charge in [0.05, 0.1) is 5.60 Å². The molecule has 0 aromatic carbocycles. The zero-order chi connectivity index (χ0) is 13.1. The lowest BCUT2D eigenvalue weighted by molar-refractivity contribution is -0.139. The fourth-order valence-electron chi connectivity index (χ4n) is 1.35. The van der Waals surface area contributed by atoms with E-state index in [1.54, 1.807) is 0 Å². The van der Waals surface area contributed by atoms with Crippen molar-refractivity contribution in [3.8, 4) is 0 Å². The van der Waals surface area contributed by atoms with Crippen LogP contribution in [0.25, 0.3) is 0 Å². The number of carbonyl (C=O) groups excluding carboxylic acids is 3. The molecular weight excluding hydrogens is 224 g/mol. The second-order valence-corrected chi connectivity index (χ2v) is 4.97. The van der Waals surface area contributed by atoms with Gasteiger partial charge in [-0.05, 0) is 27.2 Å². The molecule has 6 heteroatoms. The van der Waals surface area contributed by atoms with Gasteiger partial charge < -0.3 is 10.1 Å². The van der Waals surface area contributed by atoms with E-state index in [1.807, 2.05) is 20.8 Å². The van der Waals surface area contributed by atoms with Gasteiger partial charge in [-0.15, -0.1) is 0 Å². The van der Waals surface area contributed by atoms with E-state index in [0.717, 1.165) is 0 Å². The Bertz CT molecular complexity index is 333. The second kappa shape index (κ2) is 5.27. The average molecular weight is 242 g/mol. The van der Waals surface area contributed by atoms with Crippen molar-refractivity contribution >= 4 is 17.7 Å². The number of hydrogen-bond acceptors (Lipinski definition) is 4. The second-order valence-electron chi connectivity index (χ2n) is 4.97. The van der Waals surface area contributed by atoms with E-state index < -0.39 is 17.6 Å². The molecule has 3 amide bonds. The molecule has 0 radical (unpaired) electrons. The Morgan fingerprint density at radius 2 is 2.12 bits per heavy atom. The maximum absolute atomic E-state index is 11.5. The summed E-state index contributed by atoms with van der Waals surface area (Å²) in [7, 11) is 0. The van der Waals surface area contributed by atoms with E-state index in [9.17, 15) is 14.4 Å². The van der Waals surface area contributed by atoms with Crippen LogP contribution in [0.1, 0.15) is 33.6 Å². The zero-order valence-corrected chi connectivity index (χ0v) is 10.3. The predicted octanol–water partition coefficient (Wildman–Crippen LogP) is -0.277. The van der Waals surface area contributed by atoms with Gasteiger partial charge in [0, 0.05) is 6.42 Å². The van der Waals surface area contributed by atoms with E-state index in [1.165, 1.54) is 0 Å². The summed E-state index contributed by atoms with van der Waals surface area (Å²) >= 11 is 0. The van der Waals surface area contributed by atoms with Gasteiger partial charge in [-0.2, -0.15) is 0 Å². The Balaban J connectivity index is 2.36. The van der Waals surface area contributed by atoms with Crippen LogP contribution in [0, 0.1) is 0 Å². The molecule has 1 aliphatic heterocycles. The van der Waals surface area contributed by atoms with Crippen LogP contribution in [0.5, 0.6) is 0 Å². The van der Waals surface area contributed by atoms with Crippen molar-refractivity contribution in [1.29, 1.82) is 0 Å². The minimum absolute atomic E-state index is 0.0960. The third-order valence-corrected chi connectivity index (χ3v) is 2.21. The molecular formula is C11H18N2O4. The van der Waals surface area contributed by atoms with E-state index >= 15 is 0 Å². The Morgan fingerprint density at radius 1 is 1.47 bits per heavy atom. The van der Waals surface area contributed by atoms with Crippen molar-refractivity contribution in [2.75, 3.05) is 6.61 Å². The first kappa shape index (κ1) is 13.6. The van der Waals surface area contributed by atoms with E-state index in [0.29, 0.717) is 6.42 Å². The molecule has 1 rings (SSSR count). The number of carbonyl (C=O) groups is 3. The predicted molar refractivity (Wildman–Crippen MR) is 60.0 cm³/mol. The van der Waals surface area contributed by atoms with Crippen molar-refractivity contribution in [1.82, 2.24) is 10.6 Å². The molecule has 0 bridgehead atoms. The van der Waals surface area contributed by atoms with Crippen molar-refractivity contribution in [2.24, 2.45) is 0 Å². The van der Waals surface area contributed by atoms with Crippen LogP contribution in [-0.4, -0.2) is 36.0 Å². The lowest BCUT2D eigenvalue weighted by Crippen LogP contribution is -2.53. The molecule has 1 unspecified atom stereocenters. The first-order chi connectivity index (χ1) is 7.78. The van der Waals surface area contributed by atoms with Gasteiger partial charge in [0.2, 0.25) is 17.7 Å². The van der Waals surface area contributed by atoms with Gasteiger partial charge in [0.25, 0.3) is 0 Å². The molecule has 1 saturated heterocycles. The third kappa shape index (κ3) is 4.95. The van der Waals surface area contributed by atoms with Crippen LogP contribution in [0.4, 0.5) is 0 Å². The number of imide groups is 1. The summed E-state index contributed by atoms with van der Waals surface area (Å²) < 4.78 is 5.28. The van der Waals surface area contributed by atoms with Gasteiger partial charge >= 0.3 is 0 Å². The van der Waals surface area contributed by atoms with E-state index in [-0.39, 0.29) is 24.8 Å². The third-order valence-electron chi connectivity index (χ3n) is 2.21. The first-order valence-electron chi connectivity index (χ1n) is 5.55. The summed E-state index contributed by atoms with van der Waals surface area (Å²) in [5, 5.41) is 4.71. The number of ether oxygens (including phenoxy) is 1. The van der Waals surface area contributed by atoms with E-state index in [4.69, 9.17) is 4.74 Å². The standard InChI is InChI=1S/C11H18N2O4/c1-11(2,3)17-6-9(15)12-7-4-5-8(14)13-10(7)16/h7H,4-6H2,1-3H3,(H,12,15)(H,13,14,16). The van der Waals surface area contributed by atoms with E-state index in [2.05, 4.69) is 10.6 Å². The maximum Gasteiger partial charge on any atom is 0.249 e. The highest BCUT2D eigenvalue weighted by molar-refractivity contribution is 6.01. The van der Waals surface area contributed by atoms with Crippen LogP contribution < -0.4 is 10.6 Å². The summed E-state index contributed by atoms with van der Waals surface area (Å²) in [5.74, 6) is -1.11. The molecule has 96 valence electrons. The summed E-state index contributed by atoms with van der Waals surface area (Å²) in [4.78, 5) is 33.7. The summed E-state index contributed by atoms with van der Waals surface area (Å²) in [5.41, 5.74) is -0.401.